The fourth-order valence-electron chi connectivity index (χ4n) is 2.66. The van der Waals surface area contributed by atoms with E-state index in [2.05, 4.69) is 26.8 Å². The lowest BCUT2D eigenvalue weighted by Gasteiger charge is -2.34. The van der Waals surface area contributed by atoms with Crippen molar-refractivity contribution in [2.75, 3.05) is 14.1 Å². The second kappa shape index (κ2) is 5.03. The van der Waals surface area contributed by atoms with E-state index in [0.717, 1.165) is 30.8 Å². The van der Waals surface area contributed by atoms with Crippen LogP contribution in [-0.2, 0) is 4.79 Å². The summed E-state index contributed by atoms with van der Waals surface area (Å²) in [6, 6.07) is 0. The Labute approximate surface area is 99.7 Å². The smallest absolute Gasteiger partial charge is 0.248 e. The highest BCUT2D eigenvalue weighted by Crippen LogP contribution is 2.40. The third-order valence-electron chi connectivity index (χ3n) is 3.42. The standard InChI is InChI=1S/C14H25NO/c1-11(2)10-14(3)8-6-12(7-9-14)13(16)15(4)5/h6,11H,7-10H2,1-5H3. The van der Waals surface area contributed by atoms with E-state index in [-0.39, 0.29) is 5.91 Å². The first-order valence-corrected chi connectivity index (χ1v) is 6.25. The maximum atomic E-state index is 11.8. The van der Waals surface area contributed by atoms with Gasteiger partial charge in [0.25, 0.3) is 0 Å². The molecule has 1 atom stereocenters. The number of rotatable bonds is 3. The second-order valence-corrected chi connectivity index (χ2v) is 6.04. The predicted molar refractivity (Wildman–Crippen MR) is 68.2 cm³/mol. The lowest BCUT2D eigenvalue weighted by atomic mass is 9.71. The van der Waals surface area contributed by atoms with Crippen molar-refractivity contribution in [3.63, 3.8) is 0 Å². The summed E-state index contributed by atoms with van der Waals surface area (Å²) in [4.78, 5) is 13.5. The minimum Gasteiger partial charge on any atom is -0.345 e. The largest absolute Gasteiger partial charge is 0.345 e. The van der Waals surface area contributed by atoms with Crippen LogP contribution in [0.4, 0.5) is 0 Å². The maximum Gasteiger partial charge on any atom is 0.248 e. The summed E-state index contributed by atoms with van der Waals surface area (Å²) >= 11 is 0. The maximum absolute atomic E-state index is 11.8. The molecule has 0 saturated carbocycles. The number of carbonyl (C=O) groups is 1. The van der Waals surface area contributed by atoms with E-state index in [9.17, 15) is 4.79 Å². The van der Waals surface area contributed by atoms with E-state index in [4.69, 9.17) is 0 Å². The molecular weight excluding hydrogens is 198 g/mol. The van der Waals surface area contributed by atoms with E-state index < -0.39 is 0 Å². The number of hydrogen-bond acceptors (Lipinski definition) is 1. The molecule has 0 aliphatic heterocycles. The van der Waals surface area contributed by atoms with E-state index in [0.29, 0.717) is 5.41 Å². The van der Waals surface area contributed by atoms with E-state index in [1.807, 2.05) is 14.1 Å². The number of carbonyl (C=O) groups excluding carboxylic acids is 1. The number of likely N-dealkylation sites (N-methyl/N-ethyl adjacent to an activating group) is 1. The van der Waals surface area contributed by atoms with Crippen LogP contribution >= 0.6 is 0 Å². The van der Waals surface area contributed by atoms with Gasteiger partial charge in [0.1, 0.15) is 0 Å². The van der Waals surface area contributed by atoms with Crippen molar-refractivity contribution in [1.82, 2.24) is 4.90 Å². The molecule has 16 heavy (non-hydrogen) atoms. The summed E-state index contributed by atoms with van der Waals surface area (Å²) < 4.78 is 0. The van der Waals surface area contributed by atoms with E-state index in [1.165, 1.54) is 6.42 Å². The number of hydrogen-bond donors (Lipinski definition) is 0. The Kier molecular flexibility index (Phi) is 4.17. The Bertz CT molecular complexity index is 291. The first kappa shape index (κ1) is 13.3. The molecule has 2 heteroatoms. The zero-order valence-electron chi connectivity index (χ0n) is 11.3. The first-order chi connectivity index (χ1) is 7.34. The predicted octanol–water partition coefficient (Wildman–Crippen LogP) is 3.24. The highest BCUT2D eigenvalue weighted by Gasteiger charge is 2.29. The zero-order chi connectivity index (χ0) is 12.3. The van der Waals surface area contributed by atoms with Crippen LogP contribution in [0.1, 0.15) is 46.5 Å². The van der Waals surface area contributed by atoms with Crippen LogP contribution in [0.25, 0.3) is 0 Å². The lowest BCUT2D eigenvalue weighted by molar-refractivity contribution is -0.125. The van der Waals surface area contributed by atoms with Gasteiger partial charge in [0.15, 0.2) is 0 Å². The van der Waals surface area contributed by atoms with E-state index >= 15 is 0 Å². The summed E-state index contributed by atoms with van der Waals surface area (Å²) in [7, 11) is 3.65. The van der Waals surface area contributed by atoms with Crippen molar-refractivity contribution in [3.05, 3.63) is 11.6 Å². The Hall–Kier alpha value is -0.790. The first-order valence-electron chi connectivity index (χ1n) is 6.25. The molecule has 1 unspecified atom stereocenters. The summed E-state index contributed by atoms with van der Waals surface area (Å²) in [5, 5.41) is 0. The average molecular weight is 223 g/mol. The fraction of sp³-hybridized carbons (Fsp3) is 0.786. The van der Waals surface area contributed by atoms with Gasteiger partial charge in [0.05, 0.1) is 0 Å². The Morgan fingerprint density at radius 3 is 2.50 bits per heavy atom. The molecule has 92 valence electrons. The lowest BCUT2D eigenvalue weighted by Crippen LogP contribution is -2.28. The number of nitrogens with zero attached hydrogens (tertiary/aromatic N) is 1. The topological polar surface area (TPSA) is 20.3 Å². The van der Waals surface area contributed by atoms with Gasteiger partial charge in [0, 0.05) is 19.7 Å². The van der Waals surface area contributed by atoms with Crippen LogP contribution in [0.3, 0.4) is 0 Å². The zero-order valence-corrected chi connectivity index (χ0v) is 11.3. The van der Waals surface area contributed by atoms with Crippen LogP contribution in [0.15, 0.2) is 11.6 Å². The molecule has 0 bridgehead atoms. The normalized spacial score (nSPS) is 25.5. The fourth-order valence-corrected chi connectivity index (χ4v) is 2.66. The Morgan fingerprint density at radius 2 is 2.12 bits per heavy atom. The molecular formula is C14H25NO. The van der Waals surface area contributed by atoms with Gasteiger partial charge in [-0.05, 0) is 37.0 Å². The third-order valence-corrected chi connectivity index (χ3v) is 3.42. The summed E-state index contributed by atoms with van der Waals surface area (Å²) in [6.45, 7) is 6.89. The van der Waals surface area contributed by atoms with Gasteiger partial charge in [-0.15, -0.1) is 0 Å². The molecule has 0 saturated heterocycles. The molecule has 0 radical (unpaired) electrons. The molecule has 1 amide bonds. The van der Waals surface area contributed by atoms with Crippen molar-refractivity contribution < 1.29 is 4.79 Å². The van der Waals surface area contributed by atoms with Crippen molar-refractivity contribution in [1.29, 1.82) is 0 Å². The van der Waals surface area contributed by atoms with Crippen molar-refractivity contribution in [3.8, 4) is 0 Å². The van der Waals surface area contributed by atoms with Gasteiger partial charge in [0.2, 0.25) is 5.91 Å². The SMILES string of the molecule is CC(C)CC1(C)CC=C(C(=O)N(C)C)CC1. The van der Waals surface area contributed by atoms with Crippen LogP contribution in [0.5, 0.6) is 0 Å². The molecule has 0 spiro atoms. The summed E-state index contributed by atoms with van der Waals surface area (Å²) in [5.41, 5.74) is 1.41. The molecule has 0 aromatic carbocycles. The molecule has 2 nitrogen and oxygen atoms in total. The van der Waals surface area contributed by atoms with Crippen LogP contribution in [0.2, 0.25) is 0 Å². The minimum atomic E-state index is 0.187. The summed E-state index contributed by atoms with van der Waals surface area (Å²) in [5.74, 6) is 0.927. The highest BCUT2D eigenvalue weighted by atomic mass is 16.2. The monoisotopic (exact) mass is 223 g/mol. The van der Waals surface area contributed by atoms with Gasteiger partial charge >= 0.3 is 0 Å². The average Bonchev–Trinajstić information content (AvgIpc) is 2.16. The molecule has 0 heterocycles. The van der Waals surface area contributed by atoms with Crippen molar-refractivity contribution in [2.45, 2.75) is 46.5 Å². The van der Waals surface area contributed by atoms with Gasteiger partial charge in [-0.2, -0.15) is 0 Å². The van der Waals surface area contributed by atoms with Gasteiger partial charge < -0.3 is 4.90 Å². The number of amides is 1. The summed E-state index contributed by atoms with van der Waals surface area (Å²) in [6.07, 6.45) is 6.57. The minimum absolute atomic E-state index is 0.187. The van der Waals surface area contributed by atoms with E-state index in [1.54, 1.807) is 4.90 Å². The highest BCUT2D eigenvalue weighted by molar-refractivity contribution is 5.93. The van der Waals surface area contributed by atoms with Gasteiger partial charge in [-0.1, -0.05) is 26.8 Å². The second-order valence-electron chi connectivity index (χ2n) is 6.04. The molecule has 1 aliphatic rings. The molecule has 1 rings (SSSR count). The third kappa shape index (κ3) is 3.36. The Balaban J connectivity index is 2.64. The van der Waals surface area contributed by atoms with Crippen molar-refractivity contribution >= 4 is 5.91 Å². The Morgan fingerprint density at radius 1 is 1.50 bits per heavy atom. The van der Waals surface area contributed by atoms with Crippen LogP contribution in [0, 0.1) is 11.3 Å². The van der Waals surface area contributed by atoms with Gasteiger partial charge in [-0.3, -0.25) is 4.79 Å². The van der Waals surface area contributed by atoms with Crippen LogP contribution in [-0.4, -0.2) is 24.9 Å². The number of allylic oxidation sites excluding steroid dienone is 1. The molecule has 0 fully saturated rings. The van der Waals surface area contributed by atoms with Gasteiger partial charge in [-0.25, -0.2) is 0 Å². The van der Waals surface area contributed by atoms with Crippen LogP contribution < -0.4 is 0 Å². The quantitative estimate of drug-likeness (QED) is 0.719. The van der Waals surface area contributed by atoms with Crippen molar-refractivity contribution in [2.24, 2.45) is 11.3 Å². The molecule has 0 aromatic rings. The molecule has 0 aromatic heterocycles. The molecule has 0 N–H and O–H groups in total. The molecule has 1 aliphatic carbocycles.